The van der Waals surface area contributed by atoms with Crippen LogP contribution in [0.1, 0.15) is 46.5 Å². The Bertz CT molecular complexity index is 234. The van der Waals surface area contributed by atoms with Crippen LogP contribution in [-0.4, -0.2) is 50.2 Å². The number of nitrogens with one attached hydrogen (secondary N) is 1. The smallest absolute Gasteiger partial charge is 0.325 e. The highest BCUT2D eigenvalue weighted by Crippen LogP contribution is 2.13. The molecular formula is C14H30N2O2. The third kappa shape index (κ3) is 6.36. The van der Waals surface area contributed by atoms with Crippen LogP contribution in [0.4, 0.5) is 0 Å². The second kappa shape index (κ2) is 9.34. The minimum atomic E-state index is -0.564. The maximum atomic E-state index is 11.9. The van der Waals surface area contributed by atoms with Gasteiger partial charge >= 0.3 is 5.97 Å². The molecule has 1 N–H and O–H groups in total. The summed E-state index contributed by atoms with van der Waals surface area (Å²) in [5, 5.41) is 3.31. The maximum absolute atomic E-state index is 11.9. The van der Waals surface area contributed by atoms with Crippen molar-refractivity contribution in [3.63, 3.8) is 0 Å². The molecule has 1 unspecified atom stereocenters. The summed E-state index contributed by atoms with van der Waals surface area (Å²) < 4.78 is 4.91. The van der Waals surface area contributed by atoms with Gasteiger partial charge in [0.05, 0.1) is 7.11 Å². The first-order chi connectivity index (χ1) is 8.50. The van der Waals surface area contributed by atoms with Gasteiger partial charge in [-0.1, -0.05) is 20.3 Å². The fourth-order valence-electron chi connectivity index (χ4n) is 1.84. The van der Waals surface area contributed by atoms with Crippen LogP contribution in [0.3, 0.4) is 0 Å². The van der Waals surface area contributed by atoms with Gasteiger partial charge in [0.1, 0.15) is 5.54 Å². The van der Waals surface area contributed by atoms with Gasteiger partial charge in [0.25, 0.3) is 0 Å². The van der Waals surface area contributed by atoms with Gasteiger partial charge in [-0.15, -0.1) is 0 Å². The number of esters is 1. The zero-order chi connectivity index (χ0) is 14.0. The van der Waals surface area contributed by atoms with Gasteiger partial charge in [-0.2, -0.15) is 0 Å². The number of ether oxygens (including phenoxy) is 1. The molecule has 0 saturated carbocycles. The van der Waals surface area contributed by atoms with Gasteiger partial charge < -0.3 is 15.0 Å². The molecule has 4 nitrogen and oxygen atoms in total. The van der Waals surface area contributed by atoms with E-state index in [0.29, 0.717) is 0 Å². The van der Waals surface area contributed by atoms with Gasteiger partial charge in [-0.3, -0.25) is 4.79 Å². The van der Waals surface area contributed by atoms with Crippen LogP contribution in [-0.2, 0) is 9.53 Å². The van der Waals surface area contributed by atoms with Gasteiger partial charge in [0.2, 0.25) is 0 Å². The van der Waals surface area contributed by atoms with Crippen LogP contribution in [0.5, 0.6) is 0 Å². The molecule has 0 aliphatic rings. The van der Waals surface area contributed by atoms with Crippen molar-refractivity contribution in [1.29, 1.82) is 0 Å². The van der Waals surface area contributed by atoms with Crippen molar-refractivity contribution in [2.75, 3.05) is 33.8 Å². The Hall–Kier alpha value is -0.610. The fraction of sp³-hybridized carbons (Fsp3) is 0.929. The molecule has 18 heavy (non-hydrogen) atoms. The summed E-state index contributed by atoms with van der Waals surface area (Å²) in [7, 11) is 3.56. The van der Waals surface area contributed by atoms with Crippen molar-refractivity contribution < 1.29 is 9.53 Å². The van der Waals surface area contributed by atoms with Crippen molar-refractivity contribution in [2.24, 2.45) is 0 Å². The largest absolute Gasteiger partial charge is 0.468 e. The lowest BCUT2D eigenvalue weighted by molar-refractivity contribution is -0.148. The van der Waals surface area contributed by atoms with E-state index in [1.54, 1.807) is 0 Å². The number of hydrogen-bond donors (Lipinski definition) is 1. The summed E-state index contributed by atoms with van der Waals surface area (Å²) in [6, 6.07) is 0. The Morgan fingerprint density at radius 2 is 1.94 bits per heavy atom. The Morgan fingerprint density at radius 1 is 1.28 bits per heavy atom. The van der Waals surface area contributed by atoms with Crippen LogP contribution in [0.25, 0.3) is 0 Å². The zero-order valence-corrected chi connectivity index (χ0v) is 12.7. The monoisotopic (exact) mass is 258 g/mol. The second-order valence-electron chi connectivity index (χ2n) is 5.16. The van der Waals surface area contributed by atoms with Crippen molar-refractivity contribution in [2.45, 2.75) is 52.0 Å². The van der Waals surface area contributed by atoms with E-state index in [1.165, 1.54) is 20.0 Å². The van der Waals surface area contributed by atoms with Gasteiger partial charge in [-0.05, 0) is 46.3 Å². The van der Waals surface area contributed by atoms with E-state index in [-0.39, 0.29) is 5.97 Å². The molecule has 0 spiro atoms. The van der Waals surface area contributed by atoms with Crippen LogP contribution in [0.2, 0.25) is 0 Å². The summed E-state index contributed by atoms with van der Waals surface area (Å²) >= 11 is 0. The van der Waals surface area contributed by atoms with Crippen LogP contribution in [0, 0.1) is 0 Å². The molecule has 4 heteroatoms. The lowest BCUT2D eigenvalue weighted by Gasteiger charge is -2.30. The Morgan fingerprint density at radius 3 is 2.44 bits per heavy atom. The number of nitrogens with zero attached hydrogens (tertiary/aromatic N) is 1. The molecule has 0 aromatic carbocycles. The molecule has 108 valence electrons. The van der Waals surface area contributed by atoms with E-state index in [2.05, 4.69) is 31.1 Å². The number of unbranched alkanes of at least 4 members (excludes halogenated alkanes) is 1. The number of methoxy groups -OCH3 is 1. The zero-order valence-electron chi connectivity index (χ0n) is 12.7. The number of carbonyl (C=O) groups is 1. The molecule has 0 aliphatic carbocycles. The normalized spacial score (nSPS) is 14.6. The van der Waals surface area contributed by atoms with E-state index in [1.807, 2.05) is 6.92 Å². The lowest BCUT2D eigenvalue weighted by atomic mass is 9.97. The summed E-state index contributed by atoms with van der Waals surface area (Å²) in [6.07, 6.45) is 4.19. The van der Waals surface area contributed by atoms with Crippen LogP contribution in [0.15, 0.2) is 0 Å². The first-order valence-electron chi connectivity index (χ1n) is 7.02. The predicted molar refractivity (Wildman–Crippen MR) is 75.7 cm³/mol. The first-order valence-corrected chi connectivity index (χ1v) is 7.02. The predicted octanol–water partition coefficient (Wildman–Crippen LogP) is 2.04. The fourth-order valence-corrected chi connectivity index (χ4v) is 1.84. The van der Waals surface area contributed by atoms with Crippen LogP contribution < -0.4 is 5.32 Å². The number of rotatable bonds is 10. The Balaban J connectivity index is 4.27. The summed E-state index contributed by atoms with van der Waals surface area (Å²) in [4.78, 5) is 14.1. The van der Waals surface area contributed by atoms with E-state index in [9.17, 15) is 4.79 Å². The highest BCUT2D eigenvalue weighted by molar-refractivity contribution is 5.80. The first kappa shape index (κ1) is 17.4. The molecule has 0 aromatic rings. The van der Waals surface area contributed by atoms with E-state index in [0.717, 1.165) is 32.5 Å². The topological polar surface area (TPSA) is 41.6 Å². The minimum absolute atomic E-state index is 0.167. The third-order valence-electron chi connectivity index (χ3n) is 3.29. The van der Waals surface area contributed by atoms with Crippen molar-refractivity contribution >= 4 is 5.97 Å². The molecule has 0 amide bonds. The standard InChI is InChI=1S/C14H30N2O2/c1-6-8-11-16(4)12-9-14(3,13(17)18-5)15-10-7-2/h15H,6-12H2,1-5H3. The van der Waals surface area contributed by atoms with Crippen molar-refractivity contribution in [3.8, 4) is 0 Å². The van der Waals surface area contributed by atoms with E-state index < -0.39 is 5.54 Å². The lowest BCUT2D eigenvalue weighted by Crippen LogP contribution is -2.52. The average molecular weight is 258 g/mol. The quantitative estimate of drug-likeness (QED) is 0.609. The molecule has 0 aliphatic heterocycles. The molecule has 0 rings (SSSR count). The molecule has 1 atom stereocenters. The van der Waals surface area contributed by atoms with Gasteiger partial charge in [-0.25, -0.2) is 0 Å². The number of carbonyl (C=O) groups excluding carboxylic acids is 1. The van der Waals surface area contributed by atoms with Crippen LogP contribution >= 0.6 is 0 Å². The number of hydrogen-bond acceptors (Lipinski definition) is 4. The third-order valence-corrected chi connectivity index (χ3v) is 3.29. The van der Waals surface area contributed by atoms with Crippen molar-refractivity contribution in [1.82, 2.24) is 10.2 Å². The van der Waals surface area contributed by atoms with Gasteiger partial charge in [0.15, 0.2) is 0 Å². The van der Waals surface area contributed by atoms with E-state index in [4.69, 9.17) is 4.74 Å². The molecule has 0 aromatic heterocycles. The average Bonchev–Trinajstić information content (AvgIpc) is 2.39. The highest BCUT2D eigenvalue weighted by Gasteiger charge is 2.33. The second-order valence-corrected chi connectivity index (χ2v) is 5.16. The molecule has 0 saturated heterocycles. The van der Waals surface area contributed by atoms with E-state index >= 15 is 0 Å². The van der Waals surface area contributed by atoms with Gasteiger partial charge in [0, 0.05) is 6.54 Å². The Labute approximate surface area is 112 Å². The summed E-state index contributed by atoms with van der Waals surface area (Å²) in [5.41, 5.74) is -0.564. The highest BCUT2D eigenvalue weighted by atomic mass is 16.5. The van der Waals surface area contributed by atoms with Crippen molar-refractivity contribution in [3.05, 3.63) is 0 Å². The molecule has 0 radical (unpaired) electrons. The summed E-state index contributed by atoms with van der Waals surface area (Å²) in [6.45, 7) is 9.05. The SMILES string of the molecule is CCCCN(C)CCC(C)(NCCC)C(=O)OC. The molecule has 0 heterocycles. The molecule has 0 bridgehead atoms. The maximum Gasteiger partial charge on any atom is 0.325 e. The Kier molecular flexibility index (Phi) is 9.02. The molecular weight excluding hydrogens is 228 g/mol. The molecule has 0 fully saturated rings. The summed E-state index contributed by atoms with van der Waals surface area (Å²) in [5.74, 6) is -0.167. The minimum Gasteiger partial charge on any atom is -0.468 e.